The summed E-state index contributed by atoms with van der Waals surface area (Å²) in [6.45, 7) is 6.59. The number of rotatable bonds is 4. The van der Waals surface area contributed by atoms with E-state index in [1.165, 1.54) is 5.56 Å². The zero-order valence-corrected chi connectivity index (χ0v) is 13.1. The van der Waals surface area contributed by atoms with Gasteiger partial charge in [-0.25, -0.2) is 0 Å². The lowest BCUT2D eigenvalue weighted by Crippen LogP contribution is -2.25. The molecule has 1 aliphatic rings. The van der Waals surface area contributed by atoms with Crippen molar-refractivity contribution in [2.45, 2.75) is 32.1 Å². The third-order valence-corrected chi connectivity index (χ3v) is 5.17. The molecule has 2 aromatic rings. The summed E-state index contributed by atoms with van der Waals surface area (Å²) in [7, 11) is 0. The molecule has 1 heteroatoms. The van der Waals surface area contributed by atoms with Crippen LogP contribution in [-0.2, 0) is 4.79 Å². The van der Waals surface area contributed by atoms with E-state index in [-0.39, 0.29) is 11.3 Å². The lowest BCUT2D eigenvalue weighted by molar-refractivity contribution is -0.117. The molecule has 2 atom stereocenters. The van der Waals surface area contributed by atoms with E-state index in [4.69, 9.17) is 0 Å². The monoisotopic (exact) mass is 290 g/mol. The average Bonchev–Trinajstić information content (AvgIpc) is 2.93. The van der Waals surface area contributed by atoms with Gasteiger partial charge in [0.2, 0.25) is 0 Å². The van der Waals surface area contributed by atoms with Gasteiger partial charge >= 0.3 is 0 Å². The Bertz CT molecular complexity index is 672. The Labute approximate surface area is 132 Å². The molecule has 2 aromatic carbocycles. The van der Waals surface area contributed by atoms with Crippen molar-refractivity contribution in [3.8, 4) is 0 Å². The zero-order chi connectivity index (χ0) is 15.6. The van der Waals surface area contributed by atoms with E-state index in [0.29, 0.717) is 18.6 Å². The number of hydrogen-bond donors (Lipinski definition) is 0. The quantitative estimate of drug-likeness (QED) is 0.752. The summed E-state index contributed by atoms with van der Waals surface area (Å²) in [5, 5.41) is 0. The van der Waals surface area contributed by atoms with Gasteiger partial charge in [-0.15, -0.1) is 0 Å². The Morgan fingerprint density at radius 3 is 2.27 bits per heavy atom. The van der Waals surface area contributed by atoms with Crippen LogP contribution in [0.5, 0.6) is 0 Å². The Balaban J connectivity index is 2.06. The van der Waals surface area contributed by atoms with Crippen LogP contribution in [0.1, 0.15) is 43.2 Å². The summed E-state index contributed by atoms with van der Waals surface area (Å²) < 4.78 is 0. The number of benzene rings is 2. The Kier molecular flexibility index (Phi) is 3.98. The van der Waals surface area contributed by atoms with Gasteiger partial charge in [0.1, 0.15) is 5.78 Å². The lowest BCUT2D eigenvalue weighted by atomic mass is 9.66. The molecule has 3 rings (SSSR count). The minimum absolute atomic E-state index is 0.153. The highest BCUT2D eigenvalue weighted by Crippen LogP contribution is 2.56. The van der Waals surface area contributed by atoms with E-state index < -0.39 is 0 Å². The predicted molar refractivity (Wildman–Crippen MR) is 91.6 cm³/mol. The first-order valence-corrected chi connectivity index (χ1v) is 7.99. The summed E-state index contributed by atoms with van der Waals surface area (Å²) in [4.78, 5) is 12.3. The van der Waals surface area contributed by atoms with E-state index in [9.17, 15) is 4.79 Å². The first-order valence-electron chi connectivity index (χ1n) is 7.99. The molecule has 1 aliphatic carbocycles. The van der Waals surface area contributed by atoms with E-state index >= 15 is 0 Å². The fraction of sp³-hybridized carbons (Fsp3) is 0.286. The molecule has 0 saturated heterocycles. The summed E-state index contributed by atoms with van der Waals surface area (Å²) >= 11 is 0. The minimum Gasteiger partial charge on any atom is -0.300 e. The van der Waals surface area contributed by atoms with Crippen molar-refractivity contribution in [2.75, 3.05) is 0 Å². The molecule has 22 heavy (non-hydrogen) atoms. The van der Waals surface area contributed by atoms with Crippen molar-refractivity contribution >= 4 is 11.4 Å². The van der Waals surface area contributed by atoms with Crippen LogP contribution in [0.3, 0.4) is 0 Å². The minimum atomic E-state index is -0.153. The second-order valence-corrected chi connectivity index (χ2v) is 6.24. The number of Topliss-reactive ketones (excluding diaryl/α,β-unsaturated/α-hetero) is 1. The summed E-state index contributed by atoms with van der Waals surface area (Å²) in [5.74, 6) is 0.590. The summed E-state index contributed by atoms with van der Waals surface area (Å²) in [6, 6.07) is 20.7. The maximum Gasteiger partial charge on any atom is 0.134 e. The van der Waals surface area contributed by atoms with Gasteiger partial charge in [0.15, 0.2) is 0 Å². The highest BCUT2D eigenvalue weighted by Gasteiger charge is 2.48. The SMILES string of the molecule is C=C(c1ccccc1)[C@]1(CC)CC(=O)C[C@H]1c1ccccc1. The molecule has 1 fully saturated rings. The van der Waals surface area contributed by atoms with E-state index in [1.807, 2.05) is 24.3 Å². The van der Waals surface area contributed by atoms with E-state index in [0.717, 1.165) is 17.6 Å². The molecular formula is C21H22O. The van der Waals surface area contributed by atoms with Gasteiger partial charge in [-0.05, 0) is 23.1 Å². The molecule has 0 unspecified atom stereocenters. The normalized spacial score (nSPS) is 24.4. The van der Waals surface area contributed by atoms with Crippen LogP contribution in [0.15, 0.2) is 67.2 Å². The number of ketones is 1. The molecule has 0 N–H and O–H groups in total. The molecule has 0 aliphatic heterocycles. The van der Waals surface area contributed by atoms with Crippen LogP contribution in [0.25, 0.3) is 5.57 Å². The second-order valence-electron chi connectivity index (χ2n) is 6.24. The summed E-state index contributed by atoms with van der Waals surface area (Å²) in [6.07, 6.45) is 2.17. The molecule has 0 bridgehead atoms. The van der Waals surface area contributed by atoms with Gasteiger partial charge < -0.3 is 0 Å². The maximum atomic E-state index is 12.3. The topological polar surface area (TPSA) is 17.1 Å². The van der Waals surface area contributed by atoms with Crippen LogP contribution >= 0.6 is 0 Å². The van der Waals surface area contributed by atoms with E-state index in [1.54, 1.807) is 0 Å². The molecule has 0 radical (unpaired) electrons. The third kappa shape index (κ3) is 2.41. The van der Waals surface area contributed by atoms with Crippen molar-refractivity contribution in [3.05, 3.63) is 78.4 Å². The van der Waals surface area contributed by atoms with Crippen molar-refractivity contribution < 1.29 is 4.79 Å². The standard InChI is InChI=1S/C21H22O/c1-3-21(16(2)17-10-6-4-7-11-17)15-19(22)14-20(21)18-12-8-5-9-13-18/h4-13,20H,2-3,14-15H2,1H3/t20-,21-/m0/s1. The smallest absolute Gasteiger partial charge is 0.134 e. The Hall–Kier alpha value is -2.15. The third-order valence-electron chi connectivity index (χ3n) is 5.17. The van der Waals surface area contributed by atoms with Gasteiger partial charge in [0.05, 0.1) is 0 Å². The second kappa shape index (κ2) is 5.92. The number of carbonyl (C=O) groups is 1. The van der Waals surface area contributed by atoms with Crippen molar-refractivity contribution in [2.24, 2.45) is 5.41 Å². The molecule has 112 valence electrons. The predicted octanol–water partition coefficient (Wildman–Crippen LogP) is 5.24. The summed E-state index contributed by atoms with van der Waals surface area (Å²) in [5.41, 5.74) is 3.36. The molecule has 0 aromatic heterocycles. The van der Waals surface area contributed by atoms with Crippen molar-refractivity contribution in [1.29, 1.82) is 0 Å². The van der Waals surface area contributed by atoms with Crippen LogP contribution < -0.4 is 0 Å². The fourth-order valence-electron chi connectivity index (χ4n) is 3.92. The van der Waals surface area contributed by atoms with Gasteiger partial charge in [-0.2, -0.15) is 0 Å². The van der Waals surface area contributed by atoms with Crippen LogP contribution in [-0.4, -0.2) is 5.78 Å². The van der Waals surface area contributed by atoms with Crippen molar-refractivity contribution in [1.82, 2.24) is 0 Å². The van der Waals surface area contributed by atoms with Gasteiger partial charge in [-0.3, -0.25) is 4.79 Å². The van der Waals surface area contributed by atoms with Gasteiger partial charge in [0.25, 0.3) is 0 Å². The zero-order valence-electron chi connectivity index (χ0n) is 13.1. The first-order chi connectivity index (χ1) is 10.7. The number of carbonyl (C=O) groups excluding carboxylic acids is 1. The average molecular weight is 290 g/mol. The molecular weight excluding hydrogens is 268 g/mol. The van der Waals surface area contributed by atoms with Crippen molar-refractivity contribution in [3.63, 3.8) is 0 Å². The first kappa shape index (κ1) is 14.8. The molecule has 1 saturated carbocycles. The fourth-order valence-corrected chi connectivity index (χ4v) is 3.92. The highest BCUT2D eigenvalue weighted by atomic mass is 16.1. The van der Waals surface area contributed by atoms with Crippen LogP contribution in [0.2, 0.25) is 0 Å². The largest absolute Gasteiger partial charge is 0.300 e. The Morgan fingerprint density at radius 2 is 1.68 bits per heavy atom. The number of hydrogen-bond acceptors (Lipinski definition) is 1. The Morgan fingerprint density at radius 1 is 1.09 bits per heavy atom. The maximum absolute atomic E-state index is 12.3. The highest BCUT2D eigenvalue weighted by molar-refractivity contribution is 5.88. The number of allylic oxidation sites excluding steroid dienone is 1. The molecule has 0 amide bonds. The van der Waals surface area contributed by atoms with Crippen LogP contribution in [0.4, 0.5) is 0 Å². The van der Waals surface area contributed by atoms with E-state index in [2.05, 4.69) is 49.9 Å². The van der Waals surface area contributed by atoms with Gasteiger partial charge in [0, 0.05) is 24.2 Å². The van der Waals surface area contributed by atoms with Gasteiger partial charge in [-0.1, -0.05) is 74.2 Å². The molecule has 0 spiro atoms. The molecule has 0 heterocycles. The van der Waals surface area contributed by atoms with Crippen LogP contribution in [0, 0.1) is 5.41 Å². The molecule has 1 nitrogen and oxygen atoms in total. The lowest BCUT2D eigenvalue weighted by Gasteiger charge is -2.36.